The van der Waals surface area contributed by atoms with Crippen molar-refractivity contribution in [2.45, 2.75) is 10.1 Å². The standard InChI is InChI=1S/C13H10ClN5OS/c1-20-9-5-2-3-6-10(9)21-13-17-11(14)16-12(18-13)19-8-4-7-15-19/h2-8H,1H3. The lowest BCUT2D eigenvalue weighted by Crippen LogP contribution is -2.04. The van der Waals surface area contributed by atoms with Crippen LogP contribution >= 0.6 is 23.4 Å². The maximum atomic E-state index is 5.96. The van der Waals surface area contributed by atoms with Gasteiger partial charge in [0, 0.05) is 12.4 Å². The number of para-hydroxylation sites is 1. The van der Waals surface area contributed by atoms with Gasteiger partial charge in [0.1, 0.15) is 5.75 Å². The maximum Gasteiger partial charge on any atom is 0.255 e. The quantitative estimate of drug-likeness (QED) is 0.736. The van der Waals surface area contributed by atoms with Crippen LogP contribution in [-0.4, -0.2) is 31.8 Å². The Kier molecular flexibility index (Phi) is 4.03. The van der Waals surface area contributed by atoms with Gasteiger partial charge in [0.25, 0.3) is 5.95 Å². The van der Waals surface area contributed by atoms with Gasteiger partial charge in [0.2, 0.25) is 5.28 Å². The molecule has 0 aliphatic rings. The van der Waals surface area contributed by atoms with Crippen molar-refractivity contribution in [2.75, 3.05) is 7.11 Å². The zero-order valence-electron chi connectivity index (χ0n) is 11.0. The van der Waals surface area contributed by atoms with Crippen molar-refractivity contribution in [2.24, 2.45) is 0 Å². The summed E-state index contributed by atoms with van der Waals surface area (Å²) >= 11 is 7.31. The van der Waals surface area contributed by atoms with Gasteiger partial charge in [-0.15, -0.1) is 0 Å². The van der Waals surface area contributed by atoms with Crippen molar-refractivity contribution in [3.63, 3.8) is 0 Å². The van der Waals surface area contributed by atoms with E-state index in [0.29, 0.717) is 11.1 Å². The first-order chi connectivity index (χ1) is 10.3. The summed E-state index contributed by atoms with van der Waals surface area (Å²) in [5.74, 6) is 1.12. The van der Waals surface area contributed by atoms with Gasteiger partial charge < -0.3 is 4.74 Å². The van der Waals surface area contributed by atoms with Gasteiger partial charge in [-0.1, -0.05) is 12.1 Å². The van der Waals surface area contributed by atoms with E-state index >= 15 is 0 Å². The molecule has 0 atom stereocenters. The SMILES string of the molecule is COc1ccccc1Sc1nc(Cl)nc(-n2cccn2)n1. The van der Waals surface area contributed by atoms with Crippen molar-refractivity contribution in [3.8, 4) is 11.7 Å². The Balaban J connectivity index is 1.96. The lowest BCUT2D eigenvalue weighted by Gasteiger charge is -2.07. The van der Waals surface area contributed by atoms with Crippen LogP contribution in [0.2, 0.25) is 5.28 Å². The molecule has 8 heteroatoms. The van der Waals surface area contributed by atoms with Crippen LogP contribution in [0, 0.1) is 0 Å². The third kappa shape index (κ3) is 3.14. The number of rotatable bonds is 4. The van der Waals surface area contributed by atoms with E-state index in [-0.39, 0.29) is 5.28 Å². The molecule has 0 unspecified atom stereocenters. The second-order valence-electron chi connectivity index (χ2n) is 3.89. The first-order valence-corrected chi connectivity index (χ1v) is 7.18. The number of nitrogens with zero attached hydrogens (tertiary/aromatic N) is 5. The van der Waals surface area contributed by atoms with Crippen molar-refractivity contribution in [1.82, 2.24) is 24.7 Å². The highest BCUT2D eigenvalue weighted by atomic mass is 35.5. The van der Waals surface area contributed by atoms with Crippen LogP contribution in [0.1, 0.15) is 0 Å². The number of hydrogen-bond donors (Lipinski definition) is 0. The Morgan fingerprint density at radius 3 is 2.76 bits per heavy atom. The fourth-order valence-electron chi connectivity index (χ4n) is 1.66. The molecular weight excluding hydrogens is 310 g/mol. The van der Waals surface area contributed by atoms with Crippen LogP contribution in [0.3, 0.4) is 0 Å². The topological polar surface area (TPSA) is 65.7 Å². The predicted octanol–water partition coefficient (Wildman–Crippen LogP) is 2.87. The summed E-state index contributed by atoms with van der Waals surface area (Å²) in [5.41, 5.74) is 0. The highest BCUT2D eigenvalue weighted by Crippen LogP contribution is 2.33. The van der Waals surface area contributed by atoms with Crippen LogP contribution in [0.5, 0.6) is 5.75 Å². The summed E-state index contributed by atoms with van der Waals surface area (Å²) in [6.07, 6.45) is 3.38. The van der Waals surface area contributed by atoms with E-state index in [4.69, 9.17) is 16.3 Å². The molecule has 6 nitrogen and oxygen atoms in total. The summed E-state index contributed by atoms with van der Waals surface area (Å²) in [4.78, 5) is 13.4. The molecule has 0 radical (unpaired) electrons. The fourth-order valence-corrected chi connectivity index (χ4v) is 2.72. The largest absolute Gasteiger partial charge is 0.496 e. The molecule has 0 aliphatic carbocycles. The monoisotopic (exact) mass is 319 g/mol. The zero-order valence-corrected chi connectivity index (χ0v) is 12.5. The van der Waals surface area contributed by atoms with Crippen molar-refractivity contribution >= 4 is 23.4 Å². The molecule has 0 spiro atoms. The predicted molar refractivity (Wildman–Crippen MR) is 79.1 cm³/mol. The summed E-state index contributed by atoms with van der Waals surface area (Å²) in [6, 6.07) is 9.40. The van der Waals surface area contributed by atoms with E-state index in [0.717, 1.165) is 10.6 Å². The maximum absolute atomic E-state index is 5.96. The molecule has 21 heavy (non-hydrogen) atoms. The number of hydrogen-bond acceptors (Lipinski definition) is 6. The van der Waals surface area contributed by atoms with Crippen LogP contribution in [0.15, 0.2) is 52.8 Å². The zero-order chi connectivity index (χ0) is 14.7. The molecule has 0 saturated heterocycles. The van der Waals surface area contributed by atoms with E-state index in [9.17, 15) is 0 Å². The van der Waals surface area contributed by atoms with E-state index in [1.165, 1.54) is 16.4 Å². The number of methoxy groups -OCH3 is 1. The molecule has 2 heterocycles. The minimum Gasteiger partial charge on any atom is -0.496 e. The Bertz CT molecular complexity index is 750. The molecule has 106 valence electrons. The Hall–Kier alpha value is -2.12. The summed E-state index contributed by atoms with van der Waals surface area (Å²) in [7, 11) is 1.62. The van der Waals surface area contributed by atoms with E-state index < -0.39 is 0 Å². The first-order valence-electron chi connectivity index (χ1n) is 5.99. The highest BCUT2D eigenvalue weighted by molar-refractivity contribution is 7.99. The van der Waals surface area contributed by atoms with E-state index in [1.54, 1.807) is 25.6 Å². The second kappa shape index (κ2) is 6.11. The molecule has 0 amide bonds. The number of halogens is 1. The molecule has 3 aromatic rings. The molecule has 0 bridgehead atoms. The first kappa shape index (κ1) is 13.8. The number of benzene rings is 1. The van der Waals surface area contributed by atoms with Gasteiger partial charge >= 0.3 is 0 Å². The minimum absolute atomic E-state index is 0.118. The van der Waals surface area contributed by atoms with Crippen molar-refractivity contribution < 1.29 is 4.74 Å². The second-order valence-corrected chi connectivity index (χ2v) is 5.24. The van der Waals surface area contributed by atoms with E-state index in [1.807, 2.05) is 24.3 Å². The van der Waals surface area contributed by atoms with E-state index in [2.05, 4.69) is 20.1 Å². The summed E-state index contributed by atoms with van der Waals surface area (Å²) < 4.78 is 6.84. The Morgan fingerprint density at radius 1 is 1.14 bits per heavy atom. The molecule has 3 rings (SSSR count). The number of aromatic nitrogens is 5. The van der Waals surface area contributed by atoms with Gasteiger partial charge in [-0.05, 0) is 41.6 Å². The lowest BCUT2D eigenvalue weighted by atomic mass is 10.3. The molecule has 0 aliphatic heterocycles. The third-order valence-electron chi connectivity index (χ3n) is 2.56. The third-order valence-corrected chi connectivity index (χ3v) is 3.65. The normalized spacial score (nSPS) is 10.6. The minimum atomic E-state index is 0.118. The molecule has 0 fully saturated rings. The lowest BCUT2D eigenvalue weighted by molar-refractivity contribution is 0.405. The molecular formula is C13H10ClN5OS. The van der Waals surface area contributed by atoms with Crippen LogP contribution in [0.4, 0.5) is 0 Å². The van der Waals surface area contributed by atoms with Gasteiger partial charge in [-0.25, -0.2) is 4.68 Å². The molecule has 1 aromatic carbocycles. The Morgan fingerprint density at radius 2 is 2.00 bits per heavy atom. The fraction of sp³-hybridized carbons (Fsp3) is 0.0769. The number of ether oxygens (including phenoxy) is 1. The highest BCUT2D eigenvalue weighted by Gasteiger charge is 2.11. The Labute approximate surface area is 130 Å². The molecule has 0 saturated carbocycles. The van der Waals surface area contributed by atoms with Crippen LogP contribution < -0.4 is 4.74 Å². The summed E-state index contributed by atoms with van der Waals surface area (Å²) in [5, 5.41) is 4.68. The smallest absolute Gasteiger partial charge is 0.255 e. The average molecular weight is 320 g/mol. The van der Waals surface area contributed by atoms with Gasteiger partial charge in [0.15, 0.2) is 5.16 Å². The average Bonchev–Trinajstić information content (AvgIpc) is 3.01. The molecule has 2 aromatic heterocycles. The summed E-state index contributed by atoms with van der Waals surface area (Å²) in [6.45, 7) is 0. The molecule has 0 N–H and O–H groups in total. The van der Waals surface area contributed by atoms with Gasteiger partial charge in [-0.3, -0.25) is 0 Å². The van der Waals surface area contributed by atoms with Gasteiger partial charge in [-0.2, -0.15) is 20.1 Å². The van der Waals surface area contributed by atoms with Crippen molar-refractivity contribution in [3.05, 3.63) is 48.0 Å². The van der Waals surface area contributed by atoms with Crippen LogP contribution in [0.25, 0.3) is 5.95 Å². The van der Waals surface area contributed by atoms with Crippen molar-refractivity contribution in [1.29, 1.82) is 0 Å². The van der Waals surface area contributed by atoms with Crippen LogP contribution in [-0.2, 0) is 0 Å². The van der Waals surface area contributed by atoms with Gasteiger partial charge in [0.05, 0.1) is 12.0 Å².